The minimum atomic E-state index is -4.06. The molecule has 2 heterocycles. The van der Waals surface area contributed by atoms with Crippen LogP contribution < -0.4 is 15.5 Å². The molecular formula is C20H26N4O5S. The van der Waals surface area contributed by atoms with Gasteiger partial charge in [0.2, 0.25) is 10.0 Å². The quantitative estimate of drug-likeness (QED) is 0.421. The number of carbonyl (C=O) groups is 1. The van der Waals surface area contributed by atoms with Gasteiger partial charge in [-0.25, -0.2) is 13.9 Å². The summed E-state index contributed by atoms with van der Waals surface area (Å²) < 4.78 is 33.6. The molecule has 162 valence electrons. The van der Waals surface area contributed by atoms with Gasteiger partial charge in [0, 0.05) is 18.9 Å². The summed E-state index contributed by atoms with van der Waals surface area (Å²) >= 11 is 0. The van der Waals surface area contributed by atoms with Crippen LogP contribution in [0.2, 0.25) is 0 Å². The molecule has 0 aliphatic carbocycles. The van der Waals surface area contributed by atoms with E-state index in [1.165, 1.54) is 23.5 Å². The molecular weight excluding hydrogens is 408 g/mol. The van der Waals surface area contributed by atoms with E-state index in [0.29, 0.717) is 37.2 Å². The van der Waals surface area contributed by atoms with Crippen molar-refractivity contribution in [3.8, 4) is 5.75 Å². The van der Waals surface area contributed by atoms with E-state index in [0.717, 1.165) is 0 Å². The van der Waals surface area contributed by atoms with Crippen LogP contribution in [0.1, 0.15) is 18.4 Å². The molecule has 1 aromatic carbocycles. The summed E-state index contributed by atoms with van der Waals surface area (Å²) in [7, 11) is -2.56. The van der Waals surface area contributed by atoms with Gasteiger partial charge in [-0.15, -0.1) is 0 Å². The van der Waals surface area contributed by atoms with Crippen molar-refractivity contribution in [3.63, 3.8) is 0 Å². The van der Waals surface area contributed by atoms with Crippen molar-refractivity contribution in [2.75, 3.05) is 20.2 Å². The normalized spacial score (nSPS) is 16.2. The first-order chi connectivity index (χ1) is 14.5. The van der Waals surface area contributed by atoms with Gasteiger partial charge < -0.3 is 10.1 Å². The number of nitrogens with one attached hydrogen (secondary N) is 2. The first-order valence-corrected chi connectivity index (χ1v) is 11.1. The number of hydrogen-bond acceptors (Lipinski definition) is 7. The van der Waals surface area contributed by atoms with Crippen molar-refractivity contribution < 1.29 is 23.2 Å². The zero-order chi connectivity index (χ0) is 21.6. The number of pyridine rings is 1. The van der Waals surface area contributed by atoms with Crippen molar-refractivity contribution in [3.05, 3.63) is 54.4 Å². The number of piperidine rings is 1. The lowest BCUT2D eigenvalue weighted by molar-refractivity contribution is -0.135. The van der Waals surface area contributed by atoms with Crippen LogP contribution in [0, 0.1) is 5.92 Å². The van der Waals surface area contributed by atoms with Crippen LogP contribution in [0.15, 0.2) is 53.7 Å². The van der Waals surface area contributed by atoms with E-state index in [-0.39, 0.29) is 17.4 Å². The Morgan fingerprint density at radius 1 is 1.23 bits per heavy atom. The van der Waals surface area contributed by atoms with Crippen LogP contribution in [-0.4, -0.2) is 55.1 Å². The third-order valence-electron chi connectivity index (χ3n) is 5.27. The molecule has 1 saturated heterocycles. The first-order valence-electron chi connectivity index (χ1n) is 9.67. The van der Waals surface area contributed by atoms with E-state index in [1.54, 1.807) is 42.1 Å². The number of ether oxygens (including phenoxy) is 1. The summed E-state index contributed by atoms with van der Waals surface area (Å²) in [4.78, 5) is 16.7. The molecule has 0 spiro atoms. The number of aromatic nitrogens is 1. The van der Waals surface area contributed by atoms with Gasteiger partial charge in [0.25, 0.3) is 5.91 Å². The Labute approximate surface area is 176 Å². The molecule has 1 atom stereocenters. The van der Waals surface area contributed by atoms with E-state index in [2.05, 4.69) is 10.3 Å². The number of rotatable bonds is 8. The minimum absolute atomic E-state index is 0.0289. The lowest BCUT2D eigenvalue weighted by atomic mass is 9.89. The maximum Gasteiger partial charge on any atom is 0.262 e. The summed E-state index contributed by atoms with van der Waals surface area (Å²) in [6, 6.07) is 8.36. The Kier molecular flexibility index (Phi) is 7.38. The van der Waals surface area contributed by atoms with E-state index in [4.69, 9.17) is 4.74 Å². The largest absolute Gasteiger partial charge is 0.497 e. The van der Waals surface area contributed by atoms with E-state index >= 15 is 0 Å². The fraction of sp³-hybridized carbons (Fsp3) is 0.400. The molecule has 9 nitrogen and oxygen atoms in total. The van der Waals surface area contributed by atoms with Crippen LogP contribution in [0.3, 0.4) is 0 Å². The highest BCUT2D eigenvalue weighted by atomic mass is 32.2. The molecule has 1 aliphatic rings. The number of sulfonamides is 1. The number of carbonyl (C=O) groups excluding carboxylic acids is 1. The second-order valence-corrected chi connectivity index (χ2v) is 8.98. The van der Waals surface area contributed by atoms with Gasteiger partial charge in [-0.05, 0) is 73.8 Å². The molecule has 0 radical (unpaired) electrons. The Balaban J connectivity index is 2.05. The van der Waals surface area contributed by atoms with Gasteiger partial charge >= 0.3 is 0 Å². The van der Waals surface area contributed by atoms with Gasteiger partial charge in [-0.2, -0.15) is 4.31 Å². The van der Waals surface area contributed by atoms with Gasteiger partial charge in [0.1, 0.15) is 11.8 Å². The van der Waals surface area contributed by atoms with Crippen molar-refractivity contribution in [2.24, 2.45) is 5.92 Å². The lowest BCUT2D eigenvalue weighted by Gasteiger charge is -2.36. The molecule has 0 saturated carbocycles. The summed E-state index contributed by atoms with van der Waals surface area (Å²) in [6.07, 6.45) is 4.37. The van der Waals surface area contributed by atoms with Gasteiger partial charge in [0.15, 0.2) is 0 Å². The highest BCUT2D eigenvalue weighted by Gasteiger charge is 2.41. The first kappa shape index (κ1) is 22.2. The Bertz CT molecular complexity index is 931. The van der Waals surface area contributed by atoms with Crippen LogP contribution >= 0.6 is 0 Å². The number of methoxy groups -OCH3 is 1. The fourth-order valence-electron chi connectivity index (χ4n) is 3.69. The Morgan fingerprint density at radius 3 is 2.43 bits per heavy atom. The molecule has 30 heavy (non-hydrogen) atoms. The second-order valence-electron chi connectivity index (χ2n) is 7.09. The standard InChI is InChI=1S/C20H26N4O5S/c1-29-17-2-4-18(5-3-17)30(27,28)24(14-15-6-10-21-11-7-15)19(20(25)23-26)16-8-12-22-13-9-16/h2-7,10-11,16,19,22,26H,8-9,12-14H2,1H3,(H,23,25)/t19-/m1/s1. The minimum Gasteiger partial charge on any atom is -0.497 e. The van der Waals surface area contributed by atoms with Crippen molar-refractivity contribution >= 4 is 15.9 Å². The summed E-state index contributed by atoms with van der Waals surface area (Å²) in [5.74, 6) is -0.459. The molecule has 0 bridgehead atoms. The molecule has 3 N–H and O–H groups in total. The number of benzene rings is 1. The monoisotopic (exact) mass is 434 g/mol. The highest BCUT2D eigenvalue weighted by Crippen LogP contribution is 2.29. The molecule has 1 aliphatic heterocycles. The molecule has 1 amide bonds. The Hall–Kier alpha value is -2.53. The third kappa shape index (κ3) is 4.96. The maximum absolute atomic E-state index is 13.6. The topological polar surface area (TPSA) is 121 Å². The predicted octanol–water partition coefficient (Wildman–Crippen LogP) is 1.15. The van der Waals surface area contributed by atoms with E-state index in [9.17, 15) is 18.4 Å². The van der Waals surface area contributed by atoms with Gasteiger partial charge in [-0.1, -0.05) is 0 Å². The molecule has 10 heteroatoms. The molecule has 0 unspecified atom stereocenters. The van der Waals surface area contributed by atoms with Crippen molar-refractivity contribution in [2.45, 2.75) is 30.3 Å². The van der Waals surface area contributed by atoms with Crippen LogP contribution in [0.25, 0.3) is 0 Å². The van der Waals surface area contributed by atoms with E-state index < -0.39 is 22.0 Å². The van der Waals surface area contributed by atoms with Gasteiger partial charge in [-0.3, -0.25) is 15.0 Å². The van der Waals surface area contributed by atoms with Crippen molar-refractivity contribution in [1.82, 2.24) is 20.1 Å². The number of nitrogens with zero attached hydrogens (tertiary/aromatic N) is 2. The molecule has 2 aromatic rings. The van der Waals surface area contributed by atoms with Crippen LogP contribution in [0.5, 0.6) is 5.75 Å². The van der Waals surface area contributed by atoms with Crippen molar-refractivity contribution in [1.29, 1.82) is 0 Å². The fourth-order valence-corrected chi connectivity index (χ4v) is 5.33. The number of amides is 1. The Morgan fingerprint density at radius 2 is 1.87 bits per heavy atom. The SMILES string of the molecule is COc1ccc(S(=O)(=O)N(Cc2ccncc2)[C@@H](C(=O)NO)C2CCNCC2)cc1. The maximum atomic E-state index is 13.6. The highest BCUT2D eigenvalue weighted by molar-refractivity contribution is 7.89. The van der Waals surface area contributed by atoms with E-state index in [1.807, 2.05) is 0 Å². The van der Waals surface area contributed by atoms with Gasteiger partial charge in [0.05, 0.1) is 12.0 Å². The number of hydrogen-bond donors (Lipinski definition) is 3. The number of hydroxylamine groups is 1. The summed E-state index contributed by atoms with van der Waals surface area (Å²) in [6.45, 7) is 1.32. The van der Waals surface area contributed by atoms with Crippen LogP contribution in [0.4, 0.5) is 0 Å². The molecule has 1 aromatic heterocycles. The van der Waals surface area contributed by atoms with Crippen LogP contribution in [-0.2, 0) is 21.4 Å². The summed E-state index contributed by atoms with van der Waals surface area (Å²) in [5.41, 5.74) is 2.36. The smallest absolute Gasteiger partial charge is 0.262 e. The average molecular weight is 435 g/mol. The zero-order valence-corrected chi connectivity index (χ0v) is 17.5. The lowest BCUT2D eigenvalue weighted by Crippen LogP contribution is -2.54. The summed E-state index contributed by atoms with van der Waals surface area (Å²) in [5, 5.41) is 12.6. The third-order valence-corrected chi connectivity index (χ3v) is 7.11. The molecule has 3 rings (SSSR count). The second kappa shape index (κ2) is 9.98. The average Bonchev–Trinajstić information content (AvgIpc) is 2.80. The predicted molar refractivity (Wildman–Crippen MR) is 109 cm³/mol. The molecule has 1 fully saturated rings. The zero-order valence-electron chi connectivity index (χ0n) is 16.7.